The number of unbranched alkanes of at least 4 members (excludes halogenated alkanes) is 2. The van der Waals surface area contributed by atoms with Crippen LogP contribution in [0.2, 0.25) is 5.02 Å². The zero-order valence-corrected chi connectivity index (χ0v) is 14.7. The van der Waals surface area contributed by atoms with Crippen LogP contribution in [0.15, 0.2) is 29.2 Å². The van der Waals surface area contributed by atoms with E-state index in [1.54, 1.807) is 23.1 Å². The summed E-state index contributed by atoms with van der Waals surface area (Å²) in [6.07, 6.45) is 4.09. The van der Waals surface area contributed by atoms with Crippen molar-refractivity contribution in [2.45, 2.75) is 25.7 Å². The fraction of sp³-hybridized carbons (Fsp3) is 0.312. The lowest BCUT2D eigenvalue weighted by Crippen LogP contribution is -2.29. The Bertz CT molecular complexity index is 643. The average molecular weight is 370 g/mol. The number of thiocarbonyl (C=S) groups is 1. The molecule has 0 radical (unpaired) electrons. The van der Waals surface area contributed by atoms with Gasteiger partial charge in [0.25, 0.3) is 5.91 Å². The minimum absolute atomic E-state index is 0.0896. The minimum Gasteiger partial charge on any atom is -0.481 e. The van der Waals surface area contributed by atoms with Crippen LogP contribution in [0.4, 0.5) is 0 Å². The van der Waals surface area contributed by atoms with Crippen LogP contribution in [0.3, 0.4) is 0 Å². The fourth-order valence-corrected chi connectivity index (χ4v) is 3.56. The predicted octanol–water partition coefficient (Wildman–Crippen LogP) is 4.19. The van der Waals surface area contributed by atoms with Crippen molar-refractivity contribution in [1.82, 2.24) is 4.90 Å². The average Bonchev–Trinajstić information content (AvgIpc) is 2.76. The molecular formula is C16H16ClNO3S2. The molecule has 0 aromatic heterocycles. The zero-order valence-electron chi connectivity index (χ0n) is 12.3. The second-order valence-electron chi connectivity index (χ2n) is 5.09. The van der Waals surface area contributed by atoms with E-state index >= 15 is 0 Å². The van der Waals surface area contributed by atoms with Crippen molar-refractivity contribution < 1.29 is 14.7 Å². The van der Waals surface area contributed by atoms with Crippen molar-refractivity contribution >= 4 is 57.9 Å². The summed E-state index contributed by atoms with van der Waals surface area (Å²) >= 11 is 12.4. The molecule has 1 N–H and O–H groups in total. The van der Waals surface area contributed by atoms with E-state index in [4.69, 9.17) is 28.9 Å². The predicted molar refractivity (Wildman–Crippen MR) is 97.4 cm³/mol. The Hall–Kier alpha value is -1.37. The van der Waals surface area contributed by atoms with E-state index in [0.717, 1.165) is 18.4 Å². The van der Waals surface area contributed by atoms with Gasteiger partial charge in [-0.1, -0.05) is 54.1 Å². The second-order valence-corrected chi connectivity index (χ2v) is 7.20. The molecule has 1 heterocycles. The summed E-state index contributed by atoms with van der Waals surface area (Å²) in [7, 11) is 0. The highest BCUT2D eigenvalue weighted by Gasteiger charge is 2.31. The third kappa shape index (κ3) is 5.34. The first-order valence-corrected chi connectivity index (χ1v) is 8.80. The molecule has 122 valence electrons. The van der Waals surface area contributed by atoms with E-state index in [1.807, 2.05) is 12.1 Å². The van der Waals surface area contributed by atoms with Gasteiger partial charge in [0.2, 0.25) is 0 Å². The van der Waals surface area contributed by atoms with E-state index < -0.39 is 5.97 Å². The molecule has 1 aliphatic heterocycles. The van der Waals surface area contributed by atoms with Crippen molar-refractivity contribution in [3.8, 4) is 0 Å². The summed E-state index contributed by atoms with van der Waals surface area (Å²) in [4.78, 5) is 25.0. The van der Waals surface area contributed by atoms with Gasteiger partial charge >= 0.3 is 5.97 Å². The van der Waals surface area contributed by atoms with E-state index in [0.29, 0.717) is 27.2 Å². The first kappa shape index (κ1) is 18.0. The zero-order chi connectivity index (χ0) is 16.8. The molecule has 2 rings (SSSR count). The maximum Gasteiger partial charge on any atom is 0.303 e. The van der Waals surface area contributed by atoms with Crippen LogP contribution in [0.1, 0.15) is 31.2 Å². The van der Waals surface area contributed by atoms with Crippen LogP contribution in [0.5, 0.6) is 0 Å². The van der Waals surface area contributed by atoms with Gasteiger partial charge in [-0.15, -0.1) is 0 Å². The van der Waals surface area contributed by atoms with E-state index in [-0.39, 0.29) is 12.3 Å². The Labute approximate surface area is 149 Å². The third-order valence-corrected chi connectivity index (χ3v) is 4.94. The molecule has 1 saturated heterocycles. The number of benzene rings is 1. The standard InChI is InChI=1S/C16H16ClNO3S2/c17-12-7-5-11(6-8-12)10-13-15(21)18(16(22)23-13)9-3-1-2-4-14(19)20/h5-8,10H,1-4,9H2,(H,19,20)/b13-10+. The normalized spacial score (nSPS) is 16.4. The van der Waals surface area contributed by atoms with Crippen LogP contribution in [0, 0.1) is 0 Å². The molecule has 0 atom stereocenters. The molecule has 0 saturated carbocycles. The van der Waals surface area contributed by atoms with Crippen molar-refractivity contribution in [2.75, 3.05) is 6.54 Å². The highest BCUT2D eigenvalue weighted by molar-refractivity contribution is 8.26. The number of thioether (sulfide) groups is 1. The summed E-state index contributed by atoms with van der Waals surface area (Å²) in [6.45, 7) is 0.530. The molecule has 1 aromatic carbocycles. The molecule has 0 spiro atoms. The van der Waals surface area contributed by atoms with Gasteiger partial charge in [0.15, 0.2) is 0 Å². The molecule has 1 fully saturated rings. The lowest BCUT2D eigenvalue weighted by atomic mass is 10.2. The van der Waals surface area contributed by atoms with Gasteiger partial charge < -0.3 is 5.11 Å². The largest absolute Gasteiger partial charge is 0.481 e. The van der Waals surface area contributed by atoms with Crippen molar-refractivity contribution in [3.05, 3.63) is 39.8 Å². The number of carboxylic acid groups (broad SMARTS) is 1. The number of amides is 1. The fourth-order valence-electron chi connectivity index (χ4n) is 2.13. The van der Waals surface area contributed by atoms with Crippen LogP contribution < -0.4 is 0 Å². The summed E-state index contributed by atoms with van der Waals surface area (Å²) in [5.74, 6) is -0.880. The topological polar surface area (TPSA) is 57.6 Å². The molecule has 1 aliphatic rings. The van der Waals surface area contributed by atoms with E-state index in [2.05, 4.69) is 0 Å². The molecule has 0 aliphatic carbocycles. The number of halogens is 1. The van der Waals surface area contributed by atoms with E-state index in [9.17, 15) is 9.59 Å². The number of hydrogen-bond acceptors (Lipinski definition) is 4. The van der Waals surface area contributed by atoms with Crippen LogP contribution >= 0.6 is 35.6 Å². The number of nitrogens with zero attached hydrogens (tertiary/aromatic N) is 1. The second kappa shape index (κ2) is 8.47. The number of carbonyl (C=O) groups excluding carboxylic acids is 1. The lowest BCUT2D eigenvalue weighted by Gasteiger charge is -2.13. The van der Waals surface area contributed by atoms with Crippen LogP contribution in [-0.2, 0) is 9.59 Å². The Morgan fingerprint density at radius 2 is 1.96 bits per heavy atom. The molecule has 1 aromatic rings. The van der Waals surface area contributed by atoms with Crippen LogP contribution in [-0.4, -0.2) is 32.7 Å². The van der Waals surface area contributed by atoms with Crippen molar-refractivity contribution in [1.29, 1.82) is 0 Å². The van der Waals surface area contributed by atoms with Gasteiger partial charge in [-0.2, -0.15) is 0 Å². The Morgan fingerprint density at radius 3 is 2.61 bits per heavy atom. The molecule has 4 nitrogen and oxygen atoms in total. The van der Waals surface area contributed by atoms with Gasteiger partial charge in [0, 0.05) is 18.0 Å². The molecule has 7 heteroatoms. The van der Waals surface area contributed by atoms with Gasteiger partial charge in [-0.25, -0.2) is 0 Å². The number of rotatable bonds is 7. The summed E-state index contributed by atoms with van der Waals surface area (Å²) in [5, 5.41) is 9.25. The van der Waals surface area contributed by atoms with Crippen molar-refractivity contribution in [2.24, 2.45) is 0 Å². The number of aliphatic carboxylic acids is 1. The highest BCUT2D eigenvalue weighted by Crippen LogP contribution is 2.32. The molecule has 0 unspecified atom stereocenters. The summed E-state index contributed by atoms with van der Waals surface area (Å²) < 4.78 is 0.549. The highest BCUT2D eigenvalue weighted by atomic mass is 35.5. The number of carbonyl (C=O) groups is 2. The van der Waals surface area contributed by atoms with Crippen LogP contribution in [0.25, 0.3) is 6.08 Å². The molecule has 0 bridgehead atoms. The lowest BCUT2D eigenvalue weighted by molar-refractivity contribution is -0.137. The van der Waals surface area contributed by atoms with Gasteiger partial charge in [0.1, 0.15) is 4.32 Å². The summed E-state index contributed by atoms with van der Waals surface area (Å²) in [6, 6.07) is 7.24. The first-order chi connectivity index (χ1) is 11.0. The molecule has 23 heavy (non-hydrogen) atoms. The monoisotopic (exact) mass is 369 g/mol. The number of carboxylic acids is 1. The van der Waals surface area contributed by atoms with Gasteiger partial charge in [0.05, 0.1) is 4.91 Å². The Morgan fingerprint density at radius 1 is 1.26 bits per heavy atom. The minimum atomic E-state index is -0.790. The summed E-state index contributed by atoms with van der Waals surface area (Å²) in [5.41, 5.74) is 0.899. The molecular weight excluding hydrogens is 354 g/mol. The third-order valence-electron chi connectivity index (χ3n) is 3.31. The first-order valence-electron chi connectivity index (χ1n) is 7.20. The van der Waals surface area contributed by atoms with Gasteiger partial charge in [-0.05, 0) is 36.6 Å². The maximum atomic E-state index is 12.4. The quantitative estimate of drug-likeness (QED) is 0.443. The van der Waals surface area contributed by atoms with Crippen molar-refractivity contribution in [3.63, 3.8) is 0 Å². The Kier molecular flexibility index (Phi) is 6.62. The Balaban J connectivity index is 1.91. The van der Waals surface area contributed by atoms with E-state index in [1.165, 1.54) is 11.8 Å². The number of hydrogen-bond donors (Lipinski definition) is 1. The smallest absolute Gasteiger partial charge is 0.303 e. The SMILES string of the molecule is O=C(O)CCCCCN1C(=O)/C(=C\c2ccc(Cl)cc2)SC1=S. The van der Waals surface area contributed by atoms with Gasteiger partial charge in [-0.3, -0.25) is 14.5 Å². The molecule has 1 amide bonds. The maximum absolute atomic E-state index is 12.4.